The minimum atomic E-state index is -1.75. The van der Waals surface area contributed by atoms with Crippen molar-refractivity contribution in [2.45, 2.75) is 6.54 Å². The Kier molecular flexibility index (Phi) is 4.74. The van der Waals surface area contributed by atoms with Crippen LogP contribution in [0.2, 0.25) is 0 Å². The van der Waals surface area contributed by atoms with E-state index in [-0.39, 0.29) is 5.88 Å². The maximum absolute atomic E-state index is 12.6. The van der Waals surface area contributed by atoms with Crippen molar-refractivity contribution in [3.05, 3.63) is 47.9 Å². The third-order valence-corrected chi connectivity index (χ3v) is 3.26. The first-order chi connectivity index (χ1) is 9.20. The summed E-state index contributed by atoms with van der Waals surface area (Å²) in [6.45, 7) is 3.50. The first-order valence-electron chi connectivity index (χ1n) is 6.31. The average Bonchev–Trinajstić information content (AvgIpc) is 2.42. The Bertz CT molecular complexity index is 424. The molecule has 0 aliphatic carbocycles. The second-order valence-corrected chi connectivity index (χ2v) is 4.52. The number of methoxy groups -OCH3 is 1. The minimum absolute atomic E-state index is 0.292. The SMILES string of the molecule is COC(=C(F)F)N1CCN(Cc2ccccc2)CC1. The fourth-order valence-electron chi connectivity index (χ4n) is 2.28. The van der Waals surface area contributed by atoms with Crippen LogP contribution in [0.4, 0.5) is 8.78 Å². The molecule has 0 saturated carbocycles. The van der Waals surface area contributed by atoms with Gasteiger partial charge in [-0.15, -0.1) is 0 Å². The van der Waals surface area contributed by atoms with Crippen molar-refractivity contribution in [2.75, 3.05) is 33.3 Å². The van der Waals surface area contributed by atoms with E-state index >= 15 is 0 Å². The van der Waals surface area contributed by atoms with Crippen molar-refractivity contribution in [3.63, 3.8) is 0 Å². The zero-order chi connectivity index (χ0) is 13.7. The maximum atomic E-state index is 12.6. The lowest BCUT2D eigenvalue weighted by Gasteiger charge is -2.35. The Morgan fingerprint density at radius 3 is 2.26 bits per heavy atom. The van der Waals surface area contributed by atoms with E-state index in [0.717, 1.165) is 19.6 Å². The van der Waals surface area contributed by atoms with Gasteiger partial charge in [0.1, 0.15) is 0 Å². The summed E-state index contributed by atoms with van der Waals surface area (Å²) in [6, 6.07) is 10.2. The number of halogens is 2. The first kappa shape index (κ1) is 13.8. The summed E-state index contributed by atoms with van der Waals surface area (Å²) >= 11 is 0. The summed E-state index contributed by atoms with van der Waals surface area (Å²) in [4.78, 5) is 3.85. The van der Waals surface area contributed by atoms with Crippen LogP contribution >= 0.6 is 0 Å². The van der Waals surface area contributed by atoms with E-state index < -0.39 is 6.08 Å². The molecule has 1 aliphatic heterocycles. The molecular weight excluding hydrogens is 250 g/mol. The fourth-order valence-corrected chi connectivity index (χ4v) is 2.28. The Hall–Kier alpha value is -1.62. The predicted octanol–water partition coefficient (Wildman–Crippen LogP) is 2.52. The summed E-state index contributed by atoms with van der Waals surface area (Å²) < 4.78 is 30.0. The first-order valence-corrected chi connectivity index (χ1v) is 6.31. The molecule has 5 heteroatoms. The molecule has 0 bridgehead atoms. The molecule has 0 atom stereocenters. The lowest BCUT2D eigenvalue weighted by Crippen LogP contribution is -2.45. The number of hydrogen-bond donors (Lipinski definition) is 0. The molecule has 0 spiro atoms. The van der Waals surface area contributed by atoms with E-state index in [2.05, 4.69) is 17.0 Å². The predicted molar refractivity (Wildman–Crippen MR) is 69.5 cm³/mol. The van der Waals surface area contributed by atoms with E-state index in [1.54, 1.807) is 4.90 Å². The van der Waals surface area contributed by atoms with Crippen molar-refractivity contribution in [2.24, 2.45) is 0 Å². The molecule has 0 N–H and O–H groups in total. The standard InChI is InChI=1S/C14H18F2N2O/c1-19-14(13(15)16)18-9-7-17(8-10-18)11-12-5-3-2-4-6-12/h2-6H,7-11H2,1H3. The smallest absolute Gasteiger partial charge is 0.329 e. The van der Waals surface area contributed by atoms with E-state index in [1.807, 2.05) is 18.2 Å². The highest BCUT2D eigenvalue weighted by Gasteiger charge is 2.22. The van der Waals surface area contributed by atoms with Gasteiger partial charge in [0.25, 0.3) is 5.88 Å². The highest BCUT2D eigenvalue weighted by atomic mass is 19.3. The van der Waals surface area contributed by atoms with Crippen LogP contribution in [0.15, 0.2) is 42.3 Å². The molecule has 1 fully saturated rings. The normalized spacial score (nSPS) is 16.3. The second-order valence-electron chi connectivity index (χ2n) is 4.52. The van der Waals surface area contributed by atoms with Crippen LogP contribution in [-0.2, 0) is 11.3 Å². The van der Waals surface area contributed by atoms with Gasteiger partial charge in [0.2, 0.25) is 0 Å². The van der Waals surface area contributed by atoms with Gasteiger partial charge < -0.3 is 9.64 Å². The van der Waals surface area contributed by atoms with E-state index in [1.165, 1.54) is 12.7 Å². The summed E-state index contributed by atoms with van der Waals surface area (Å²) in [5.41, 5.74) is 1.25. The highest BCUT2D eigenvalue weighted by molar-refractivity contribution is 5.14. The maximum Gasteiger partial charge on any atom is 0.329 e. The van der Waals surface area contributed by atoms with Gasteiger partial charge in [0.15, 0.2) is 0 Å². The van der Waals surface area contributed by atoms with E-state index in [9.17, 15) is 8.78 Å². The van der Waals surface area contributed by atoms with Gasteiger partial charge in [-0.3, -0.25) is 4.90 Å². The van der Waals surface area contributed by atoms with Crippen LogP contribution in [-0.4, -0.2) is 43.1 Å². The quantitative estimate of drug-likeness (QED) is 0.780. The number of rotatable bonds is 4. The Morgan fingerprint density at radius 2 is 1.74 bits per heavy atom. The lowest BCUT2D eigenvalue weighted by atomic mass is 10.2. The van der Waals surface area contributed by atoms with Crippen molar-refractivity contribution < 1.29 is 13.5 Å². The van der Waals surface area contributed by atoms with Crippen LogP contribution in [0.25, 0.3) is 0 Å². The molecule has 1 saturated heterocycles. The summed E-state index contributed by atoms with van der Waals surface area (Å²) in [6.07, 6.45) is -1.75. The molecular formula is C14H18F2N2O. The zero-order valence-electron chi connectivity index (χ0n) is 11.0. The Balaban J connectivity index is 1.88. The van der Waals surface area contributed by atoms with Crippen molar-refractivity contribution >= 4 is 0 Å². The minimum Gasteiger partial charge on any atom is -0.479 e. The number of piperazine rings is 1. The molecule has 104 valence electrons. The van der Waals surface area contributed by atoms with Gasteiger partial charge in [-0.2, -0.15) is 8.78 Å². The monoisotopic (exact) mass is 268 g/mol. The molecule has 1 aromatic rings. The Morgan fingerprint density at radius 1 is 1.11 bits per heavy atom. The van der Waals surface area contributed by atoms with Gasteiger partial charge in [0, 0.05) is 32.7 Å². The third kappa shape index (κ3) is 3.67. The van der Waals surface area contributed by atoms with Crippen LogP contribution in [0, 0.1) is 0 Å². The molecule has 0 unspecified atom stereocenters. The average molecular weight is 268 g/mol. The van der Waals surface area contributed by atoms with Crippen molar-refractivity contribution in [1.82, 2.24) is 9.80 Å². The van der Waals surface area contributed by atoms with Crippen molar-refractivity contribution in [1.29, 1.82) is 0 Å². The number of hydrogen-bond acceptors (Lipinski definition) is 3. The van der Waals surface area contributed by atoms with Gasteiger partial charge in [-0.1, -0.05) is 30.3 Å². The largest absolute Gasteiger partial charge is 0.479 e. The summed E-state index contributed by atoms with van der Waals surface area (Å²) in [7, 11) is 1.28. The molecule has 0 aromatic heterocycles. The van der Waals surface area contributed by atoms with Gasteiger partial charge in [-0.25, -0.2) is 0 Å². The second kappa shape index (κ2) is 6.52. The van der Waals surface area contributed by atoms with E-state index in [0.29, 0.717) is 13.1 Å². The number of benzene rings is 1. The van der Waals surface area contributed by atoms with Crippen LogP contribution in [0.1, 0.15) is 5.56 Å². The topological polar surface area (TPSA) is 15.7 Å². The third-order valence-electron chi connectivity index (χ3n) is 3.26. The van der Waals surface area contributed by atoms with Gasteiger partial charge in [0.05, 0.1) is 7.11 Å². The highest BCUT2D eigenvalue weighted by Crippen LogP contribution is 2.17. The zero-order valence-corrected chi connectivity index (χ0v) is 11.0. The van der Waals surface area contributed by atoms with E-state index in [4.69, 9.17) is 4.74 Å². The van der Waals surface area contributed by atoms with Gasteiger partial charge in [-0.05, 0) is 5.56 Å². The molecule has 2 rings (SSSR count). The molecule has 0 amide bonds. The fraction of sp³-hybridized carbons (Fsp3) is 0.429. The Labute approximate surface area is 112 Å². The van der Waals surface area contributed by atoms with Crippen molar-refractivity contribution in [3.8, 4) is 0 Å². The van der Waals surface area contributed by atoms with Crippen LogP contribution in [0.3, 0.4) is 0 Å². The van der Waals surface area contributed by atoms with Crippen LogP contribution < -0.4 is 0 Å². The molecule has 0 radical (unpaired) electrons. The lowest BCUT2D eigenvalue weighted by molar-refractivity contribution is 0.0743. The summed E-state index contributed by atoms with van der Waals surface area (Å²) in [5.74, 6) is -0.292. The molecule has 19 heavy (non-hydrogen) atoms. The summed E-state index contributed by atoms with van der Waals surface area (Å²) in [5, 5.41) is 0. The van der Waals surface area contributed by atoms with Gasteiger partial charge >= 0.3 is 6.08 Å². The van der Waals surface area contributed by atoms with Crippen LogP contribution in [0.5, 0.6) is 0 Å². The molecule has 3 nitrogen and oxygen atoms in total. The molecule has 1 aliphatic rings. The molecule has 1 aromatic carbocycles. The number of nitrogens with zero attached hydrogens (tertiary/aromatic N) is 2. The molecule has 1 heterocycles. The number of ether oxygens (including phenoxy) is 1.